The zero-order valence-corrected chi connectivity index (χ0v) is 20.9. The van der Waals surface area contributed by atoms with E-state index in [1.165, 1.54) is 6.20 Å². The Hall–Kier alpha value is -2.37. The molecule has 2 aromatic rings. The molecule has 9 nitrogen and oxygen atoms in total. The molecule has 1 saturated heterocycles. The first-order valence-electron chi connectivity index (χ1n) is 10.9. The molecule has 3 rings (SSSR count). The maximum Gasteiger partial charge on any atom is 0.351 e. The number of anilines is 1. The largest absolute Gasteiger partial charge is 0.414 e. The van der Waals surface area contributed by atoms with Gasteiger partial charge in [-0.1, -0.05) is 39.0 Å². The van der Waals surface area contributed by atoms with Crippen molar-refractivity contribution >= 4 is 20.0 Å². The van der Waals surface area contributed by atoms with Gasteiger partial charge in [0, 0.05) is 17.3 Å². The third kappa shape index (κ3) is 5.41. The lowest BCUT2D eigenvalue weighted by atomic mass is 10.1. The van der Waals surface area contributed by atoms with E-state index in [2.05, 4.69) is 44.2 Å². The predicted octanol–water partition coefficient (Wildman–Crippen LogP) is 2.45. The molecule has 10 heteroatoms. The number of hydrogen-bond acceptors (Lipinski definition) is 7. The molecule has 0 unspecified atom stereocenters. The van der Waals surface area contributed by atoms with E-state index in [9.17, 15) is 19.8 Å². The number of aryl methyl sites for hydroxylation is 1. The zero-order chi connectivity index (χ0) is 24.6. The van der Waals surface area contributed by atoms with E-state index >= 15 is 0 Å². The van der Waals surface area contributed by atoms with Gasteiger partial charge in [0.2, 0.25) is 0 Å². The molecule has 0 spiro atoms. The van der Waals surface area contributed by atoms with Crippen LogP contribution in [-0.2, 0) is 9.16 Å². The van der Waals surface area contributed by atoms with Crippen LogP contribution in [0.25, 0.3) is 0 Å². The summed E-state index contributed by atoms with van der Waals surface area (Å²) in [5.74, 6) is -0.269. The summed E-state index contributed by atoms with van der Waals surface area (Å²) in [7, 11) is -2.09. The summed E-state index contributed by atoms with van der Waals surface area (Å²) in [5, 5.41) is 23.7. The first kappa shape index (κ1) is 25.3. The molecule has 1 aromatic carbocycles. The third-order valence-corrected chi connectivity index (χ3v) is 10.9. The fourth-order valence-corrected chi connectivity index (χ4v) is 4.26. The molecule has 0 aliphatic carbocycles. The highest BCUT2D eigenvalue weighted by molar-refractivity contribution is 6.74. The summed E-state index contributed by atoms with van der Waals surface area (Å²) in [6.45, 7) is 12.3. The molecular weight excluding hydrogens is 442 g/mol. The predicted molar refractivity (Wildman–Crippen MR) is 127 cm³/mol. The summed E-state index contributed by atoms with van der Waals surface area (Å²) in [4.78, 5) is 29.1. The number of aromatic nitrogens is 2. The van der Waals surface area contributed by atoms with E-state index in [1.807, 2.05) is 0 Å². The number of carbonyl (C=O) groups is 1. The second-order valence-electron chi connectivity index (χ2n) is 9.90. The van der Waals surface area contributed by atoms with Crippen LogP contribution in [0.15, 0.2) is 41.3 Å². The average molecular weight is 476 g/mol. The second kappa shape index (κ2) is 9.47. The molecule has 2 heterocycles. The molecule has 0 radical (unpaired) electrons. The van der Waals surface area contributed by atoms with Crippen molar-refractivity contribution in [3.05, 3.63) is 58.1 Å². The number of rotatable bonds is 6. The number of amides is 1. The Morgan fingerprint density at radius 3 is 2.45 bits per heavy atom. The molecule has 3 N–H and O–H groups in total. The van der Waals surface area contributed by atoms with E-state index in [1.54, 1.807) is 37.3 Å². The lowest BCUT2D eigenvalue weighted by Crippen LogP contribution is -2.44. The van der Waals surface area contributed by atoms with Crippen LogP contribution in [0.2, 0.25) is 18.1 Å². The van der Waals surface area contributed by atoms with Crippen LogP contribution in [0.3, 0.4) is 0 Å². The van der Waals surface area contributed by atoms with Crippen molar-refractivity contribution in [3.63, 3.8) is 0 Å². The van der Waals surface area contributed by atoms with Crippen molar-refractivity contribution in [3.8, 4) is 0 Å². The fourth-order valence-electron chi connectivity index (χ4n) is 3.25. The van der Waals surface area contributed by atoms with Crippen molar-refractivity contribution in [1.82, 2.24) is 9.55 Å². The molecule has 4 atom stereocenters. The first-order valence-corrected chi connectivity index (χ1v) is 13.8. The number of benzene rings is 1. The van der Waals surface area contributed by atoms with Gasteiger partial charge in [0.15, 0.2) is 14.5 Å². The number of aliphatic hydroxyl groups is 2. The summed E-state index contributed by atoms with van der Waals surface area (Å²) in [6, 6.07) is 8.59. The van der Waals surface area contributed by atoms with E-state index in [0.29, 0.717) is 11.1 Å². The van der Waals surface area contributed by atoms with Crippen LogP contribution < -0.4 is 11.0 Å². The van der Waals surface area contributed by atoms with Gasteiger partial charge in [-0.05, 0) is 37.2 Å². The van der Waals surface area contributed by atoms with Gasteiger partial charge < -0.3 is 24.7 Å². The Labute approximate surface area is 194 Å². The Kier molecular flexibility index (Phi) is 7.25. The van der Waals surface area contributed by atoms with Gasteiger partial charge >= 0.3 is 5.69 Å². The molecule has 180 valence electrons. The molecule has 1 aliphatic heterocycles. The number of aliphatic hydroxyl groups excluding tert-OH is 2. The quantitative estimate of drug-likeness (QED) is 0.548. The van der Waals surface area contributed by atoms with Gasteiger partial charge in [-0.2, -0.15) is 4.98 Å². The average Bonchev–Trinajstić information content (AvgIpc) is 3.03. The van der Waals surface area contributed by atoms with Gasteiger partial charge in [0.05, 0.1) is 6.61 Å². The summed E-state index contributed by atoms with van der Waals surface area (Å²) in [5.41, 5.74) is 0.224. The van der Waals surface area contributed by atoms with Gasteiger partial charge in [0.25, 0.3) is 5.91 Å². The molecule has 1 aliphatic rings. The number of ether oxygens (including phenoxy) is 1. The third-order valence-electron chi connectivity index (χ3n) is 6.43. The highest BCUT2D eigenvalue weighted by atomic mass is 28.4. The molecule has 1 amide bonds. The Morgan fingerprint density at radius 1 is 1.21 bits per heavy atom. The van der Waals surface area contributed by atoms with Crippen molar-refractivity contribution in [2.45, 2.75) is 70.4 Å². The smallest absolute Gasteiger partial charge is 0.351 e. The molecule has 1 aromatic heterocycles. The maximum absolute atomic E-state index is 12.7. The Bertz CT molecular complexity index is 1050. The van der Waals surface area contributed by atoms with Crippen LogP contribution in [0, 0.1) is 6.92 Å². The standard InChI is InChI=1S/C23H33N3O6Si/c1-14-12-26(22(30)25-19(14)24-20(29)15-10-8-7-9-11-15)21-18(28)17(27)16(32-21)13-31-33(5,6)23(2,3)4/h7-12,16-18,21,27-28H,13H2,1-6H3,(H,24,25,29,30)/t16-,17-,18-,21-/m1/s1. The number of nitrogens with one attached hydrogen (secondary N) is 1. The summed E-state index contributed by atoms with van der Waals surface area (Å²) >= 11 is 0. The highest BCUT2D eigenvalue weighted by Crippen LogP contribution is 2.37. The van der Waals surface area contributed by atoms with E-state index in [0.717, 1.165) is 4.57 Å². The van der Waals surface area contributed by atoms with Crippen molar-refractivity contribution in [2.24, 2.45) is 0 Å². The highest BCUT2D eigenvalue weighted by Gasteiger charge is 2.46. The minimum Gasteiger partial charge on any atom is -0.414 e. The Morgan fingerprint density at radius 2 is 1.85 bits per heavy atom. The fraction of sp³-hybridized carbons (Fsp3) is 0.522. The van der Waals surface area contributed by atoms with Gasteiger partial charge in [-0.25, -0.2) is 4.79 Å². The van der Waals surface area contributed by atoms with Gasteiger partial charge in [0.1, 0.15) is 24.1 Å². The SMILES string of the molecule is Cc1cn([C@@H]2O[C@H](CO[Si](C)(C)C(C)(C)C)[C@@H](O)[C@H]2O)c(=O)nc1NC(=O)c1ccccc1. The van der Waals surface area contributed by atoms with Gasteiger partial charge in [-0.15, -0.1) is 0 Å². The first-order chi connectivity index (χ1) is 15.3. The lowest BCUT2D eigenvalue weighted by molar-refractivity contribution is -0.0531. The van der Waals surface area contributed by atoms with Crippen LogP contribution >= 0.6 is 0 Å². The zero-order valence-electron chi connectivity index (χ0n) is 19.9. The van der Waals surface area contributed by atoms with Crippen LogP contribution in [0.5, 0.6) is 0 Å². The molecule has 33 heavy (non-hydrogen) atoms. The topological polar surface area (TPSA) is 123 Å². The summed E-state index contributed by atoms with van der Waals surface area (Å²) < 4.78 is 13.1. The molecule has 0 bridgehead atoms. The van der Waals surface area contributed by atoms with Crippen LogP contribution in [-0.4, -0.2) is 58.9 Å². The Balaban J connectivity index is 1.76. The molecule has 0 saturated carbocycles. The lowest BCUT2D eigenvalue weighted by Gasteiger charge is -2.37. The van der Waals surface area contributed by atoms with Gasteiger partial charge in [-0.3, -0.25) is 9.36 Å². The minimum atomic E-state index is -2.09. The normalized spacial score (nSPS) is 23.5. The van der Waals surface area contributed by atoms with E-state index in [-0.39, 0.29) is 17.5 Å². The number of hydrogen-bond donors (Lipinski definition) is 3. The number of nitrogens with zero attached hydrogens (tertiary/aromatic N) is 2. The van der Waals surface area contributed by atoms with Crippen molar-refractivity contribution < 1.29 is 24.2 Å². The number of carbonyl (C=O) groups excluding carboxylic acids is 1. The maximum atomic E-state index is 12.7. The van der Waals surface area contributed by atoms with E-state index < -0.39 is 44.5 Å². The van der Waals surface area contributed by atoms with E-state index in [4.69, 9.17) is 9.16 Å². The summed E-state index contributed by atoms with van der Waals surface area (Å²) in [6.07, 6.45) is -3.01. The van der Waals surface area contributed by atoms with Crippen molar-refractivity contribution in [1.29, 1.82) is 0 Å². The minimum absolute atomic E-state index is 0.0213. The molecular formula is C23H33N3O6Si. The van der Waals surface area contributed by atoms with Crippen molar-refractivity contribution in [2.75, 3.05) is 11.9 Å². The molecule has 1 fully saturated rings. The monoisotopic (exact) mass is 475 g/mol. The van der Waals surface area contributed by atoms with Crippen LogP contribution in [0.1, 0.15) is 42.9 Å². The second-order valence-corrected chi connectivity index (χ2v) is 14.7. The van der Waals surface area contributed by atoms with Crippen LogP contribution in [0.4, 0.5) is 5.82 Å².